The van der Waals surface area contributed by atoms with E-state index in [9.17, 15) is 9.18 Å². The molecule has 0 fully saturated rings. The summed E-state index contributed by atoms with van der Waals surface area (Å²) in [4.78, 5) is 11.8. The van der Waals surface area contributed by atoms with E-state index in [1.807, 2.05) is 0 Å². The third-order valence-corrected chi connectivity index (χ3v) is 3.02. The van der Waals surface area contributed by atoms with Crippen LogP contribution in [0.2, 0.25) is 0 Å². The Balaban J connectivity index is 2.54. The lowest BCUT2D eigenvalue weighted by Crippen LogP contribution is -2.03. The molecular formula is C17H15FO3. The third-order valence-electron chi connectivity index (χ3n) is 3.02. The van der Waals surface area contributed by atoms with Gasteiger partial charge in [0, 0.05) is 0 Å². The van der Waals surface area contributed by atoms with Gasteiger partial charge in [0.25, 0.3) is 0 Å². The molecule has 0 unspecified atom stereocenters. The molecule has 0 saturated carbocycles. The number of aliphatic hydroxyl groups is 1. The van der Waals surface area contributed by atoms with Gasteiger partial charge in [-0.3, -0.25) is 0 Å². The molecule has 0 aliphatic heterocycles. The van der Waals surface area contributed by atoms with Crippen LogP contribution in [0.5, 0.6) is 0 Å². The molecule has 0 spiro atoms. The van der Waals surface area contributed by atoms with Crippen LogP contribution in [0.3, 0.4) is 0 Å². The average Bonchev–Trinajstić information content (AvgIpc) is 2.52. The summed E-state index contributed by atoms with van der Waals surface area (Å²) in [5, 5.41) is 8.82. The van der Waals surface area contributed by atoms with Gasteiger partial charge in [-0.25, -0.2) is 9.18 Å². The Bertz CT molecular complexity index is 660. The van der Waals surface area contributed by atoms with Crippen molar-refractivity contribution in [2.45, 2.75) is 0 Å². The number of hydrogen-bond acceptors (Lipinski definition) is 3. The van der Waals surface area contributed by atoms with E-state index < -0.39 is 5.97 Å². The van der Waals surface area contributed by atoms with Gasteiger partial charge in [0.15, 0.2) is 0 Å². The van der Waals surface area contributed by atoms with Crippen LogP contribution < -0.4 is 0 Å². The fourth-order valence-corrected chi connectivity index (χ4v) is 2.01. The number of carbonyl (C=O) groups is 1. The van der Waals surface area contributed by atoms with Crippen LogP contribution in [0.25, 0.3) is 17.2 Å². The minimum absolute atomic E-state index is 0.0648. The molecule has 0 aliphatic carbocycles. The summed E-state index contributed by atoms with van der Waals surface area (Å²) in [7, 11) is 1.32. The molecule has 2 aromatic rings. The molecule has 0 bridgehead atoms. The normalized spacial score (nSPS) is 10.8. The monoisotopic (exact) mass is 286 g/mol. The van der Waals surface area contributed by atoms with E-state index in [4.69, 9.17) is 9.84 Å². The second kappa shape index (κ2) is 6.81. The molecule has 21 heavy (non-hydrogen) atoms. The van der Waals surface area contributed by atoms with Crippen molar-refractivity contribution in [3.63, 3.8) is 0 Å². The first-order valence-electron chi connectivity index (χ1n) is 6.41. The van der Waals surface area contributed by atoms with Gasteiger partial charge in [0.2, 0.25) is 0 Å². The highest BCUT2D eigenvalue weighted by atomic mass is 19.1. The van der Waals surface area contributed by atoms with Crippen LogP contribution in [0.4, 0.5) is 4.39 Å². The van der Waals surface area contributed by atoms with E-state index in [2.05, 4.69) is 0 Å². The summed E-state index contributed by atoms with van der Waals surface area (Å²) in [6.45, 7) is -0.0648. The molecule has 0 aromatic heterocycles. The minimum Gasteiger partial charge on any atom is -0.465 e. The van der Waals surface area contributed by atoms with E-state index in [0.717, 1.165) is 11.1 Å². The number of methoxy groups -OCH3 is 1. The third kappa shape index (κ3) is 3.55. The molecule has 2 aromatic carbocycles. The number of hydrogen-bond donors (Lipinski definition) is 1. The maximum atomic E-state index is 13.0. The van der Waals surface area contributed by atoms with Crippen molar-refractivity contribution in [1.82, 2.24) is 0 Å². The van der Waals surface area contributed by atoms with Gasteiger partial charge in [-0.15, -0.1) is 0 Å². The minimum atomic E-state index is -0.452. The van der Waals surface area contributed by atoms with Crippen LogP contribution in [-0.4, -0.2) is 24.8 Å². The van der Waals surface area contributed by atoms with Crippen molar-refractivity contribution in [2.24, 2.45) is 0 Å². The molecule has 0 heterocycles. The SMILES string of the molecule is COC(=O)c1ccc(/C=C/CO)cc1-c1ccc(F)cc1. The van der Waals surface area contributed by atoms with Crippen LogP contribution in [0, 0.1) is 5.82 Å². The number of rotatable bonds is 4. The Kier molecular flexibility index (Phi) is 4.85. The van der Waals surface area contributed by atoms with Crippen LogP contribution in [0.1, 0.15) is 15.9 Å². The molecule has 108 valence electrons. The smallest absolute Gasteiger partial charge is 0.338 e. The highest BCUT2D eigenvalue weighted by Crippen LogP contribution is 2.26. The van der Waals surface area contributed by atoms with E-state index in [1.165, 1.54) is 19.2 Å². The zero-order valence-corrected chi connectivity index (χ0v) is 11.5. The van der Waals surface area contributed by atoms with Gasteiger partial charge in [0.1, 0.15) is 5.82 Å². The number of ether oxygens (including phenoxy) is 1. The second-order valence-corrected chi connectivity index (χ2v) is 4.39. The quantitative estimate of drug-likeness (QED) is 0.877. The summed E-state index contributed by atoms with van der Waals surface area (Å²) in [5.41, 5.74) is 2.61. The number of carbonyl (C=O) groups excluding carboxylic acids is 1. The van der Waals surface area contributed by atoms with Crippen molar-refractivity contribution in [3.8, 4) is 11.1 Å². The molecular weight excluding hydrogens is 271 g/mol. The van der Waals surface area contributed by atoms with Gasteiger partial charge in [0.05, 0.1) is 19.3 Å². The van der Waals surface area contributed by atoms with E-state index in [0.29, 0.717) is 11.1 Å². The van der Waals surface area contributed by atoms with Crippen LogP contribution in [-0.2, 0) is 4.74 Å². The highest BCUT2D eigenvalue weighted by Gasteiger charge is 2.13. The standard InChI is InChI=1S/C17H15FO3/c1-21-17(20)15-9-4-12(3-2-10-19)11-16(15)13-5-7-14(18)8-6-13/h2-9,11,19H,10H2,1H3/b3-2+. The van der Waals surface area contributed by atoms with Crippen molar-refractivity contribution in [1.29, 1.82) is 0 Å². The van der Waals surface area contributed by atoms with Gasteiger partial charge in [-0.05, 0) is 41.0 Å². The Hall–Kier alpha value is -2.46. The lowest BCUT2D eigenvalue weighted by molar-refractivity contribution is 0.0601. The lowest BCUT2D eigenvalue weighted by atomic mass is 9.97. The molecule has 0 amide bonds. The summed E-state index contributed by atoms with van der Waals surface area (Å²) in [6, 6.07) is 11.1. The molecule has 2 rings (SSSR count). The van der Waals surface area contributed by atoms with Crippen LogP contribution in [0.15, 0.2) is 48.5 Å². The topological polar surface area (TPSA) is 46.5 Å². The second-order valence-electron chi connectivity index (χ2n) is 4.39. The number of halogens is 1. The predicted octanol–water partition coefficient (Wildman–Crippen LogP) is 3.28. The fraction of sp³-hybridized carbons (Fsp3) is 0.118. The Morgan fingerprint density at radius 1 is 1.24 bits per heavy atom. The van der Waals surface area contributed by atoms with Gasteiger partial charge in [-0.2, -0.15) is 0 Å². The average molecular weight is 286 g/mol. The molecule has 0 aliphatic rings. The van der Waals surface area contributed by atoms with Crippen molar-refractivity contribution >= 4 is 12.0 Å². The van der Waals surface area contributed by atoms with Crippen LogP contribution >= 0.6 is 0 Å². The van der Waals surface area contributed by atoms with Gasteiger partial charge >= 0.3 is 5.97 Å². The largest absolute Gasteiger partial charge is 0.465 e. The first-order chi connectivity index (χ1) is 10.2. The summed E-state index contributed by atoms with van der Waals surface area (Å²) in [5.74, 6) is -0.790. The van der Waals surface area contributed by atoms with Crippen molar-refractivity contribution < 1.29 is 19.0 Å². The van der Waals surface area contributed by atoms with Gasteiger partial charge in [-0.1, -0.05) is 30.4 Å². The van der Waals surface area contributed by atoms with Crippen molar-refractivity contribution in [3.05, 3.63) is 65.5 Å². The zero-order chi connectivity index (χ0) is 15.2. The molecule has 0 radical (unpaired) electrons. The lowest BCUT2D eigenvalue weighted by Gasteiger charge is -2.09. The Morgan fingerprint density at radius 2 is 1.95 bits per heavy atom. The first kappa shape index (κ1) is 14.9. The van der Waals surface area contributed by atoms with Gasteiger partial charge < -0.3 is 9.84 Å². The Morgan fingerprint density at radius 3 is 2.57 bits per heavy atom. The first-order valence-corrected chi connectivity index (χ1v) is 6.41. The summed E-state index contributed by atoms with van der Waals surface area (Å²) in [6.07, 6.45) is 3.34. The molecule has 0 atom stereocenters. The molecule has 3 nitrogen and oxygen atoms in total. The number of benzene rings is 2. The fourth-order valence-electron chi connectivity index (χ4n) is 2.01. The predicted molar refractivity (Wildman–Crippen MR) is 79.3 cm³/mol. The van der Waals surface area contributed by atoms with E-state index >= 15 is 0 Å². The molecule has 4 heteroatoms. The summed E-state index contributed by atoms with van der Waals surface area (Å²) >= 11 is 0. The number of aliphatic hydroxyl groups excluding tert-OH is 1. The molecule has 0 saturated heterocycles. The zero-order valence-electron chi connectivity index (χ0n) is 11.5. The van der Waals surface area contributed by atoms with E-state index in [-0.39, 0.29) is 12.4 Å². The molecule has 1 N–H and O–H groups in total. The maximum Gasteiger partial charge on any atom is 0.338 e. The highest BCUT2D eigenvalue weighted by molar-refractivity contribution is 5.97. The van der Waals surface area contributed by atoms with Crippen molar-refractivity contribution in [2.75, 3.05) is 13.7 Å². The Labute approximate surface area is 122 Å². The number of esters is 1. The van der Waals surface area contributed by atoms with E-state index in [1.54, 1.807) is 42.5 Å². The summed E-state index contributed by atoms with van der Waals surface area (Å²) < 4.78 is 17.8. The maximum absolute atomic E-state index is 13.0.